The Balaban J connectivity index is 0. The van der Waals surface area contributed by atoms with Gasteiger partial charge in [0.25, 0.3) is 0 Å². The molecular weight excluding hydrogens is 218 g/mol. The van der Waals surface area contributed by atoms with Crippen molar-refractivity contribution in [3.05, 3.63) is 0 Å². The summed E-state index contributed by atoms with van der Waals surface area (Å²) >= 11 is 0. The van der Waals surface area contributed by atoms with Crippen LogP contribution in [0.4, 0.5) is 0 Å². The Morgan fingerprint density at radius 2 is 1.20 bits per heavy atom. The normalized spacial score (nSPS) is 0. The van der Waals surface area contributed by atoms with Crippen LogP contribution >= 0.6 is 0 Å². The molecule has 0 saturated carbocycles. The first kappa shape index (κ1) is 43.0. The quantitative estimate of drug-likeness (QED) is 0.445. The van der Waals surface area contributed by atoms with E-state index < -0.39 is 0 Å². The molecule has 0 aliphatic rings. The van der Waals surface area contributed by atoms with Gasteiger partial charge in [0.2, 0.25) is 0 Å². The second-order valence-electron chi connectivity index (χ2n) is 0. The third-order valence-electron chi connectivity index (χ3n) is 0. The summed E-state index contributed by atoms with van der Waals surface area (Å²) in [6.07, 6.45) is 0. The molecule has 0 aliphatic carbocycles. The van der Waals surface area contributed by atoms with Crippen LogP contribution in [-0.2, 0) is 55.9 Å². The summed E-state index contributed by atoms with van der Waals surface area (Å²) in [6.45, 7) is 0. The van der Waals surface area contributed by atoms with Crippen LogP contribution in [0.1, 0.15) is 2.85 Å². The molecule has 0 atom stereocenters. The molecule has 0 spiro atoms. The molecule has 0 saturated heterocycles. The van der Waals surface area contributed by atoms with Crippen LogP contribution in [0.5, 0.6) is 0 Å². The molecular formula is H5AlCuMgMnTi. The van der Waals surface area contributed by atoms with Crippen LogP contribution in [0.15, 0.2) is 0 Å². The van der Waals surface area contributed by atoms with Crippen molar-refractivity contribution in [2.75, 3.05) is 0 Å². The minimum atomic E-state index is 0. The summed E-state index contributed by atoms with van der Waals surface area (Å²) in [5, 5.41) is 0. The summed E-state index contributed by atoms with van der Waals surface area (Å²) in [7, 11) is 0. The van der Waals surface area contributed by atoms with Crippen LogP contribution in [0.3, 0.4) is 0 Å². The van der Waals surface area contributed by atoms with E-state index in [2.05, 4.69) is 0 Å². The van der Waals surface area contributed by atoms with Gasteiger partial charge in [0.1, 0.15) is 0 Å². The Morgan fingerprint density at radius 3 is 1.20 bits per heavy atom. The maximum Gasteiger partial charge on any atom is 2.00 e. The van der Waals surface area contributed by atoms with Gasteiger partial charge >= 0.3 is 23.1 Å². The molecule has 0 amide bonds. The fourth-order valence-corrected chi connectivity index (χ4v) is 0. The zero-order chi connectivity index (χ0) is 0. The Morgan fingerprint density at radius 1 is 1.20 bits per heavy atom. The molecule has 0 heterocycles. The van der Waals surface area contributed by atoms with Crippen molar-refractivity contribution in [3.8, 4) is 0 Å². The van der Waals surface area contributed by atoms with Crippen LogP contribution in [0.2, 0.25) is 0 Å². The second-order valence-corrected chi connectivity index (χ2v) is 0. The van der Waals surface area contributed by atoms with E-state index in [0.717, 1.165) is 0 Å². The molecule has 2 radical (unpaired) electrons. The van der Waals surface area contributed by atoms with Gasteiger partial charge < -0.3 is 2.85 Å². The summed E-state index contributed by atoms with van der Waals surface area (Å²) in [6, 6.07) is 0. The van der Waals surface area contributed by atoms with Crippen LogP contribution < -0.4 is 0 Å². The molecule has 0 nitrogen and oxygen atoms in total. The standard InChI is InChI=1S/Al.Cu.Mg.Mn.Ti.5H/q;;+2;;;;;;2*-1. The molecule has 0 fully saturated rings. The van der Waals surface area contributed by atoms with E-state index >= 15 is 0 Å². The molecule has 5 heavy (non-hydrogen) atoms. The fourth-order valence-electron chi connectivity index (χ4n) is 0. The largest absolute Gasteiger partial charge is 2.00 e. The van der Waals surface area contributed by atoms with E-state index in [-0.39, 0.29) is 99.1 Å². The summed E-state index contributed by atoms with van der Waals surface area (Å²) in [5.41, 5.74) is 0. The Labute approximate surface area is 97.7 Å². The third-order valence-corrected chi connectivity index (χ3v) is 0. The van der Waals surface area contributed by atoms with Gasteiger partial charge in [-0.25, -0.2) is 0 Å². The first-order valence-electron chi connectivity index (χ1n) is 0. The molecule has 0 aliphatic heterocycles. The molecule has 0 bridgehead atoms. The van der Waals surface area contributed by atoms with Crippen molar-refractivity contribution < 1.29 is 58.7 Å². The molecule has 0 aromatic carbocycles. The molecule has 0 rings (SSSR count). The molecule has 0 unspecified atom stereocenters. The van der Waals surface area contributed by atoms with Crippen molar-refractivity contribution in [2.24, 2.45) is 0 Å². The Kier molecular flexibility index (Phi) is 238. The molecule has 0 N–H and O–H groups in total. The van der Waals surface area contributed by atoms with Crippen LogP contribution in [-0.4, -0.2) is 40.4 Å². The molecule has 5 heteroatoms. The first-order valence-corrected chi connectivity index (χ1v) is 0. The number of hydrogen-bond donors (Lipinski definition) is 0. The van der Waals surface area contributed by atoms with Crippen molar-refractivity contribution in [2.45, 2.75) is 0 Å². The van der Waals surface area contributed by atoms with E-state index in [9.17, 15) is 0 Å². The second kappa shape index (κ2) is 27.7. The first-order chi connectivity index (χ1) is 0. The van der Waals surface area contributed by atoms with Gasteiger partial charge in [-0.3, -0.25) is 0 Å². The average Bonchev–Trinajstić information content (AvgIpc) is 0. The van der Waals surface area contributed by atoms with Crippen molar-refractivity contribution in [1.29, 1.82) is 0 Å². The van der Waals surface area contributed by atoms with Crippen molar-refractivity contribution >= 4 is 40.4 Å². The van der Waals surface area contributed by atoms with Gasteiger partial charge in [0.15, 0.2) is 17.4 Å². The third kappa shape index (κ3) is 19.3. The smallest absolute Gasteiger partial charge is 1.00 e. The van der Waals surface area contributed by atoms with Crippen LogP contribution in [0.25, 0.3) is 0 Å². The van der Waals surface area contributed by atoms with Crippen molar-refractivity contribution in [1.82, 2.24) is 0 Å². The zero-order valence-electron chi connectivity index (χ0n) is 3.89. The van der Waals surface area contributed by atoms with Gasteiger partial charge in [0.05, 0.1) is 0 Å². The predicted molar refractivity (Wildman–Crippen MR) is 17.9 cm³/mol. The van der Waals surface area contributed by atoms with E-state index in [1.807, 2.05) is 0 Å². The minimum absolute atomic E-state index is 0. The average molecular weight is 223 g/mol. The van der Waals surface area contributed by atoms with Gasteiger partial charge in [-0.2, -0.15) is 0 Å². The molecule has 32 valence electrons. The predicted octanol–water partition coefficient (Wildman–Crippen LogP) is -1.35. The van der Waals surface area contributed by atoms with Gasteiger partial charge in [-0.05, 0) is 0 Å². The molecule has 0 aromatic rings. The summed E-state index contributed by atoms with van der Waals surface area (Å²) in [5.74, 6) is 0. The van der Waals surface area contributed by atoms with E-state index in [1.54, 1.807) is 0 Å². The fraction of sp³-hybridized carbons (Fsp3) is 0. The summed E-state index contributed by atoms with van der Waals surface area (Å²) in [4.78, 5) is 0. The van der Waals surface area contributed by atoms with E-state index in [4.69, 9.17) is 0 Å². The number of hydrogen-bond acceptors (Lipinski definition) is 0. The van der Waals surface area contributed by atoms with E-state index in [1.165, 1.54) is 0 Å². The van der Waals surface area contributed by atoms with Crippen LogP contribution in [0, 0.1) is 0 Å². The Bertz CT molecular complexity index is 17.7. The monoisotopic (exact) mass is 222 g/mol. The topological polar surface area (TPSA) is 0 Å². The minimum Gasteiger partial charge on any atom is -1.00 e. The van der Waals surface area contributed by atoms with Crippen molar-refractivity contribution in [3.63, 3.8) is 0 Å². The number of rotatable bonds is 0. The zero-order valence-corrected chi connectivity index (χ0v) is 6.98. The maximum absolute atomic E-state index is 0. The van der Waals surface area contributed by atoms with Gasteiger partial charge in [0, 0.05) is 55.9 Å². The van der Waals surface area contributed by atoms with Gasteiger partial charge in [-0.1, -0.05) is 0 Å². The van der Waals surface area contributed by atoms with Gasteiger partial charge in [-0.15, -0.1) is 0 Å². The maximum atomic E-state index is 0. The molecule has 0 aromatic heterocycles. The summed E-state index contributed by atoms with van der Waals surface area (Å²) < 4.78 is 0. The van der Waals surface area contributed by atoms with E-state index in [0.29, 0.717) is 0 Å². The Hall–Kier alpha value is 3.05. The SMILES string of the molecule is [AlH3].[Cu].[H-].[H-].[Mg+2].[Mn].[Ti].